The number of Topliss-reactive ketones (excluding diaryl/α,β-unsaturated/α-hetero) is 1. The van der Waals surface area contributed by atoms with Crippen molar-refractivity contribution in [3.63, 3.8) is 0 Å². The highest BCUT2D eigenvalue weighted by Crippen LogP contribution is 2.32. The summed E-state index contributed by atoms with van der Waals surface area (Å²) in [4.78, 5) is 16.0. The van der Waals surface area contributed by atoms with Crippen molar-refractivity contribution >= 4 is 33.1 Å². The third kappa shape index (κ3) is 3.09. The number of fused-ring (bicyclic) bond motifs is 1. The molecule has 126 valence electrons. The first-order chi connectivity index (χ1) is 11.3. The van der Waals surface area contributed by atoms with Crippen molar-refractivity contribution in [2.75, 3.05) is 4.72 Å². The number of aromatic hydroxyl groups is 1. The predicted octanol–water partition coefficient (Wildman–Crippen LogP) is 3.01. The Morgan fingerprint density at radius 1 is 1.33 bits per heavy atom. The Hall–Kier alpha value is -2.12. The number of anilines is 1. The van der Waals surface area contributed by atoms with Gasteiger partial charge in [-0.05, 0) is 30.5 Å². The van der Waals surface area contributed by atoms with Gasteiger partial charge in [-0.2, -0.15) is 0 Å². The van der Waals surface area contributed by atoms with Crippen molar-refractivity contribution in [3.8, 4) is 5.75 Å². The molecule has 24 heavy (non-hydrogen) atoms. The van der Waals surface area contributed by atoms with E-state index < -0.39 is 15.8 Å². The number of nitrogens with one attached hydrogen (secondary N) is 1. The molecular weight excluding hydrogens is 352 g/mol. The van der Waals surface area contributed by atoms with Crippen LogP contribution in [-0.2, 0) is 16.4 Å². The molecule has 0 bridgehead atoms. The quantitative estimate of drug-likeness (QED) is 0.870. The molecule has 3 rings (SSSR count). The molecule has 2 N–H and O–H groups in total. The Morgan fingerprint density at radius 3 is 2.83 bits per heavy atom. The van der Waals surface area contributed by atoms with E-state index in [0.717, 1.165) is 0 Å². The van der Waals surface area contributed by atoms with E-state index in [-0.39, 0.29) is 27.3 Å². The van der Waals surface area contributed by atoms with Gasteiger partial charge in [0.15, 0.2) is 11.5 Å². The number of aromatic nitrogens is 1. The molecule has 2 aromatic rings. The maximum Gasteiger partial charge on any atom is 0.265 e. The van der Waals surface area contributed by atoms with Crippen LogP contribution in [0.15, 0.2) is 35.4 Å². The van der Waals surface area contributed by atoms with Crippen molar-refractivity contribution in [1.29, 1.82) is 0 Å². The fourth-order valence-electron chi connectivity index (χ4n) is 2.70. The molecule has 1 aromatic heterocycles. The van der Waals surface area contributed by atoms with Crippen molar-refractivity contribution in [2.45, 2.75) is 24.7 Å². The highest BCUT2D eigenvalue weighted by Gasteiger charge is 2.25. The number of benzene rings is 1. The van der Waals surface area contributed by atoms with Crippen LogP contribution in [0.1, 0.15) is 29.4 Å². The normalized spacial score (nSPS) is 17.4. The van der Waals surface area contributed by atoms with Crippen LogP contribution in [0.2, 0.25) is 5.02 Å². The first kappa shape index (κ1) is 16.7. The van der Waals surface area contributed by atoms with E-state index in [1.807, 2.05) is 6.92 Å². The number of para-hydroxylation sites is 1. The zero-order chi connectivity index (χ0) is 17.5. The lowest BCUT2D eigenvalue weighted by molar-refractivity contribution is 0.0952. The third-order valence-corrected chi connectivity index (χ3v) is 5.56. The fourth-order valence-corrected chi connectivity index (χ4v) is 4.09. The van der Waals surface area contributed by atoms with Crippen LogP contribution in [0.5, 0.6) is 5.75 Å². The number of hydrogen-bond acceptors (Lipinski definition) is 5. The molecule has 1 aliphatic rings. The second-order valence-corrected chi connectivity index (χ2v) is 7.90. The van der Waals surface area contributed by atoms with Crippen LogP contribution in [0.4, 0.5) is 5.69 Å². The van der Waals surface area contributed by atoms with Crippen molar-refractivity contribution in [2.24, 2.45) is 5.92 Å². The molecule has 8 heteroatoms. The average molecular weight is 367 g/mol. The van der Waals surface area contributed by atoms with Crippen molar-refractivity contribution in [1.82, 2.24) is 4.98 Å². The standard InChI is InChI=1S/C16H15ClN2O4S/c1-9-5-13-11(14(20)6-9)7-10(8-18-13)19-24(22,23)15-4-2-3-12(17)16(15)21/h2-4,7-9,19,21H,5-6H2,1H3. The third-order valence-electron chi connectivity index (χ3n) is 3.84. The highest BCUT2D eigenvalue weighted by atomic mass is 35.5. The van der Waals surface area contributed by atoms with E-state index in [4.69, 9.17) is 11.6 Å². The number of phenols is 1. The number of nitrogens with zero attached hydrogens (tertiary/aromatic N) is 1. The summed E-state index contributed by atoms with van der Waals surface area (Å²) >= 11 is 5.75. The highest BCUT2D eigenvalue weighted by molar-refractivity contribution is 7.92. The van der Waals surface area contributed by atoms with E-state index in [2.05, 4.69) is 9.71 Å². The average Bonchev–Trinajstić information content (AvgIpc) is 2.50. The Kier molecular flexibility index (Phi) is 4.23. The maximum absolute atomic E-state index is 12.4. The Balaban J connectivity index is 1.95. The number of carbonyl (C=O) groups is 1. The molecule has 1 aliphatic carbocycles. The maximum atomic E-state index is 12.4. The summed E-state index contributed by atoms with van der Waals surface area (Å²) in [6.07, 6.45) is 2.46. The van der Waals surface area contributed by atoms with Gasteiger partial charge in [0.05, 0.1) is 22.6 Å². The van der Waals surface area contributed by atoms with Crippen molar-refractivity contribution < 1.29 is 18.3 Å². The zero-order valence-corrected chi connectivity index (χ0v) is 14.4. The first-order valence-electron chi connectivity index (χ1n) is 7.30. The number of phenolic OH excluding ortho intramolecular Hbond substituents is 1. The smallest absolute Gasteiger partial charge is 0.265 e. The lowest BCUT2D eigenvalue weighted by Crippen LogP contribution is -2.20. The molecule has 1 heterocycles. The van der Waals surface area contributed by atoms with Crippen LogP contribution in [0.3, 0.4) is 0 Å². The Labute approximate surface area is 144 Å². The van der Waals surface area contributed by atoms with Crippen LogP contribution in [-0.4, -0.2) is 24.3 Å². The SMILES string of the molecule is CC1CC(=O)c2cc(NS(=O)(=O)c3cccc(Cl)c3O)cnc2C1. The lowest BCUT2D eigenvalue weighted by atomic mass is 9.87. The van der Waals surface area contributed by atoms with Gasteiger partial charge in [-0.1, -0.05) is 24.6 Å². The van der Waals surface area contributed by atoms with Gasteiger partial charge in [-0.3, -0.25) is 14.5 Å². The van der Waals surface area contributed by atoms with E-state index in [9.17, 15) is 18.3 Å². The Bertz CT molecular complexity index is 928. The number of carbonyl (C=O) groups excluding carboxylic acids is 1. The minimum absolute atomic E-state index is 0.0529. The minimum Gasteiger partial charge on any atom is -0.505 e. The minimum atomic E-state index is -4.06. The number of rotatable bonds is 3. The van der Waals surface area contributed by atoms with Gasteiger partial charge in [0.25, 0.3) is 10.0 Å². The molecule has 0 radical (unpaired) electrons. The van der Waals surface area contributed by atoms with E-state index >= 15 is 0 Å². The van der Waals surface area contributed by atoms with Crippen molar-refractivity contribution in [3.05, 3.63) is 46.7 Å². The molecule has 0 saturated heterocycles. The number of sulfonamides is 1. The van der Waals surface area contributed by atoms with E-state index in [1.165, 1.54) is 30.5 Å². The second kappa shape index (κ2) is 6.07. The molecule has 0 fully saturated rings. The predicted molar refractivity (Wildman–Crippen MR) is 90.0 cm³/mol. The molecule has 0 amide bonds. The molecule has 1 aromatic carbocycles. The van der Waals surface area contributed by atoms with Gasteiger partial charge in [-0.15, -0.1) is 0 Å². The first-order valence-corrected chi connectivity index (χ1v) is 9.16. The molecule has 0 saturated carbocycles. The van der Waals surface area contributed by atoms with Crippen LogP contribution >= 0.6 is 11.6 Å². The van der Waals surface area contributed by atoms with Crippen LogP contribution in [0, 0.1) is 5.92 Å². The largest absolute Gasteiger partial charge is 0.505 e. The molecular formula is C16H15ClN2O4S. The van der Waals surface area contributed by atoms with Gasteiger partial charge in [-0.25, -0.2) is 8.42 Å². The summed E-state index contributed by atoms with van der Waals surface area (Å²) in [6.45, 7) is 1.97. The topological polar surface area (TPSA) is 96.4 Å². The summed E-state index contributed by atoms with van der Waals surface area (Å²) in [5.74, 6) is -0.353. The number of halogens is 1. The lowest BCUT2D eigenvalue weighted by Gasteiger charge is -2.20. The number of hydrogen-bond donors (Lipinski definition) is 2. The molecule has 0 aliphatic heterocycles. The summed E-state index contributed by atoms with van der Waals surface area (Å²) in [5, 5.41) is 9.79. The Morgan fingerprint density at radius 2 is 2.08 bits per heavy atom. The molecule has 1 unspecified atom stereocenters. The summed E-state index contributed by atoms with van der Waals surface area (Å²) in [6, 6.07) is 5.53. The molecule has 1 atom stereocenters. The van der Waals surface area contributed by atoms with Gasteiger partial charge < -0.3 is 5.11 Å². The summed E-state index contributed by atoms with van der Waals surface area (Å²) < 4.78 is 27.2. The fraction of sp³-hybridized carbons (Fsp3) is 0.250. The zero-order valence-electron chi connectivity index (χ0n) is 12.8. The van der Waals surface area contributed by atoms with Gasteiger partial charge in [0.2, 0.25) is 0 Å². The van der Waals surface area contributed by atoms with Crippen LogP contribution < -0.4 is 4.72 Å². The van der Waals surface area contributed by atoms with Gasteiger partial charge in [0, 0.05) is 12.0 Å². The monoisotopic (exact) mass is 366 g/mol. The summed E-state index contributed by atoms with van der Waals surface area (Å²) in [7, 11) is -4.06. The van der Waals surface area contributed by atoms with Crippen LogP contribution in [0.25, 0.3) is 0 Å². The van der Waals surface area contributed by atoms with Gasteiger partial charge >= 0.3 is 0 Å². The van der Waals surface area contributed by atoms with E-state index in [0.29, 0.717) is 24.1 Å². The summed E-state index contributed by atoms with van der Waals surface area (Å²) in [5.41, 5.74) is 1.27. The molecule has 0 spiro atoms. The number of ketones is 1. The van der Waals surface area contributed by atoms with Gasteiger partial charge in [0.1, 0.15) is 4.90 Å². The molecule has 6 nitrogen and oxygen atoms in total. The second-order valence-electron chi connectivity index (χ2n) is 5.85. The number of pyridine rings is 1. The van der Waals surface area contributed by atoms with E-state index in [1.54, 1.807) is 0 Å².